The van der Waals surface area contributed by atoms with E-state index in [0.717, 1.165) is 24.2 Å². The van der Waals surface area contributed by atoms with E-state index in [2.05, 4.69) is 17.1 Å². The molecule has 0 aliphatic carbocycles. The number of phenols is 1. The molecule has 0 spiro atoms. The predicted octanol–water partition coefficient (Wildman–Crippen LogP) is 2.27. The van der Waals surface area contributed by atoms with E-state index in [9.17, 15) is 5.11 Å². The molecule has 0 radical (unpaired) electrons. The van der Waals surface area contributed by atoms with Crippen molar-refractivity contribution in [3.05, 3.63) is 29.3 Å². The van der Waals surface area contributed by atoms with E-state index in [-0.39, 0.29) is 0 Å². The lowest BCUT2D eigenvalue weighted by atomic mass is 10.1. The third-order valence-corrected chi connectivity index (χ3v) is 3.69. The molecule has 2 rings (SSSR count). The second-order valence-corrected chi connectivity index (χ2v) is 5.37. The van der Waals surface area contributed by atoms with Crippen molar-refractivity contribution in [3.8, 4) is 5.75 Å². The molecule has 2 N–H and O–H groups in total. The molecule has 1 atom stereocenters. The van der Waals surface area contributed by atoms with Crippen LogP contribution in [0, 0.1) is 6.92 Å². The van der Waals surface area contributed by atoms with Gasteiger partial charge in [-0.3, -0.25) is 0 Å². The van der Waals surface area contributed by atoms with Gasteiger partial charge in [0, 0.05) is 24.7 Å². The molecule has 18 heavy (non-hydrogen) atoms. The van der Waals surface area contributed by atoms with Gasteiger partial charge in [0.1, 0.15) is 5.75 Å². The van der Waals surface area contributed by atoms with E-state index in [1.807, 2.05) is 25.1 Å². The zero-order valence-corrected chi connectivity index (χ0v) is 11.4. The molecule has 0 bridgehead atoms. The van der Waals surface area contributed by atoms with Gasteiger partial charge in [-0.15, -0.1) is 0 Å². The number of aryl methyl sites for hydroxylation is 1. The monoisotopic (exact) mass is 248 g/mol. The van der Waals surface area contributed by atoms with Crippen LogP contribution in [0.5, 0.6) is 5.75 Å². The van der Waals surface area contributed by atoms with E-state index in [4.69, 9.17) is 0 Å². The first-order valence-electron chi connectivity index (χ1n) is 6.90. The minimum absolute atomic E-state index is 0.429. The molecule has 0 aromatic heterocycles. The van der Waals surface area contributed by atoms with Crippen LogP contribution < -0.4 is 5.32 Å². The summed E-state index contributed by atoms with van der Waals surface area (Å²) >= 11 is 0. The number of likely N-dealkylation sites (tertiary alicyclic amines) is 1. The van der Waals surface area contributed by atoms with Crippen molar-refractivity contribution in [2.75, 3.05) is 19.6 Å². The van der Waals surface area contributed by atoms with Crippen LogP contribution in [0.15, 0.2) is 18.2 Å². The second-order valence-electron chi connectivity index (χ2n) is 5.37. The molecule has 0 saturated carbocycles. The molecular formula is C15H24N2O. The smallest absolute Gasteiger partial charge is 0.122 e. The number of phenolic OH excluding ortho intramolecular Hbond substituents is 1. The number of aromatic hydroxyl groups is 1. The predicted molar refractivity (Wildman–Crippen MR) is 74.8 cm³/mol. The Labute approximate surface area is 110 Å². The fraction of sp³-hybridized carbons (Fsp3) is 0.600. The zero-order chi connectivity index (χ0) is 13.0. The normalized spacial score (nSPS) is 18.1. The minimum Gasteiger partial charge on any atom is -0.507 e. The highest BCUT2D eigenvalue weighted by molar-refractivity contribution is 5.39. The van der Waals surface area contributed by atoms with Gasteiger partial charge in [0.25, 0.3) is 0 Å². The van der Waals surface area contributed by atoms with Crippen LogP contribution in [-0.4, -0.2) is 35.7 Å². The molecule has 3 heteroatoms. The summed E-state index contributed by atoms with van der Waals surface area (Å²) in [4.78, 5) is 2.51. The number of nitrogens with one attached hydrogen (secondary N) is 1. The van der Waals surface area contributed by atoms with Gasteiger partial charge in [-0.1, -0.05) is 18.2 Å². The van der Waals surface area contributed by atoms with Crippen molar-refractivity contribution in [1.29, 1.82) is 0 Å². The van der Waals surface area contributed by atoms with Crippen LogP contribution >= 0.6 is 0 Å². The summed E-state index contributed by atoms with van der Waals surface area (Å²) in [5.41, 5.74) is 1.93. The number of benzene rings is 1. The summed E-state index contributed by atoms with van der Waals surface area (Å²) in [5, 5.41) is 13.4. The third-order valence-electron chi connectivity index (χ3n) is 3.69. The summed E-state index contributed by atoms with van der Waals surface area (Å²) in [7, 11) is 0. The van der Waals surface area contributed by atoms with Crippen molar-refractivity contribution in [2.45, 2.75) is 39.3 Å². The molecule has 1 unspecified atom stereocenters. The van der Waals surface area contributed by atoms with Crippen molar-refractivity contribution in [1.82, 2.24) is 10.2 Å². The Bertz CT molecular complexity index is 386. The Kier molecular flexibility index (Phi) is 4.61. The van der Waals surface area contributed by atoms with Gasteiger partial charge in [-0.25, -0.2) is 0 Å². The number of hydrogen-bond donors (Lipinski definition) is 2. The topological polar surface area (TPSA) is 35.5 Å². The van der Waals surface area contributed by atoms with Crippen molar-refractivity contribution in [3.63, 3.8) is 0 Å². The number of nitrogens with zero attached hydrogens (tertiary/aromatic N) is 1. The van der Waals surface area contributed by atoms with Gasteiger partial charge in [-0.05, 0) is 45.3 Å². The van der Waals surface area contributed by atoms with E-state index >= 15 is 0 Å². The molecule has 1 heterocycles. The second kappa shape index (κ2) is 6.21. The fourth-order valence-electron chi connectivity index (χ4n) is 2.56. The van der Waals surface area contributed by atoms with E-state index < -0.39 is 0 Å². The SMILES string of the molecule is Cc1cccc(CNC(C)CN2CCCC2)c1O. The molecule has 0 amide bonds. The summed E-state index contributed by atoms with van der Waals surface area (Å²) < 4.78 is 0. The van der Waals surface area contributed by atoms with Gasteiger partial charge >= 0.3 is 0 Å². The highest BCUT2D eigenvalue weighted by atomic mass is 16.3. The number of para-hydroxylation sites is 1. The Morgan fingerprint density at radius 2 is 2.06 bits per heavy atom. The highest BCUT2D eigenvalue weighted by Crippen LogP contribution is 2.21. The maximum Gasteiger partial charge on any atom is 0.122 e. The number of hydrogen-bond acceptors (Lipinski definition) is 3. The van der Waals surface area contributed by atoms with E-state index in [1.54, 1.807) is 0 Å². The van der Waals surface area contributed by atoms with Gasteiger partial charge in [0.05, 0.1) is 0 Å². The number of rotatable bonds is 5. The van der Waals surface area contributed by atoms with Gasteiger partial charge in [0.15, 0.2) is 0 Å². The van der Waals surface area contributed by atoms with Crippen LogP contribution in [0.3, 0.4) is 0 Å². The first-order valence-corrected chi connectivity index (χ1v) is 6.90. The van der Waals surface area contributed by atoms with Crippen LogP contribution in [0.1, 0.15) is 30.9 Å². The van der Waals surface area contributed by atoms with Crippen molar-refractivity contribution >= 4 is 0 Å². The lowest BCUT2D eigenvalue weighted by Gasteiger charge is -2.21. The molecule has 1 saturated heterocycles. The lowest BCUT2D eigenvalue weighted by molar-refractivity contribution is 0.297. The lowest BCUT2D eigenvalue weighted by Crippen LogP contribution is -2.37. The maximum atomic E-state index is 9.94. The third kappa shape index (κ3) is 3.47. The average molecular weight is 248 g/mol. The maximum absolute atomic E-state index is 9.94. The van der Waals surface area contributed by atoms with Gasteiger partial charge in [-0.2, -0.15) is 0 Å². The van der Waals surface area contributed by atoms with E-state index in [0.29, 0.717) is 11.8 Å². The molecule has 1 aromatic rings. The largest absolute Gasteiger partial charge is 0.507 e. The Morgan fingerprint density at radius 3 is 2.78 bits per heavy atom. The highest BCUT2D eigenvalue weighted by Gasteiger charge is 2.14. The molecule has 1 aliphatic heterocycles. The fourth-order valence-corrected chi connectivity index (χ4v) is 2.56. The molecule has 1 aromatic carbocycles. The quantitative estimate of drug-likeness (QED) is 0.839. The minimum atomic E-state index is 0.429. The van der Waals surface area contributed by atoms with E-state index in [1.165, 1.54) is 25.9 Å². The summed E-state index contributed by atoms with van der Waals surface area (Å²) in [6.07, 6.45) is 2.68. The standard InChI is InChI=1S/C15H24N2O/c1-12-6-5-7-14(15(12)18)10-16-13(2)11-17-8-3-4-9-17/h5-7,13,16,18H,3-4,8-11H2,1-2H3. The Morgan fingerprint density at radius 1 is 1.33 bits per heavy atom. The van der Waals surface area contributed by atoms with Crippen LogP contribution in [-0.2, 0) is 6.54 Å². The first kappa shape index (κ1) is 13.4. The summed E-state index contributed by atoms with van der Waals surface area (Å²) in [5.74, 6) is 0.429. The molecule has 3 nitrogen and oxygen atoms in total. The molecule has 1 aliphatic rings. The van der Waals surface area contributed by atoms with Crippen molar-refractivity contribution < 1.29 is 5.11 Å². The van der Waals surface area contributed by atoms with Crippen LogP contribution in [0.4, 0.5) is 0 Å². The summed E-state index contributed by atoms with van der Waals surface area (Å²) in [6.45, 7) is 8.47. The van der Waals surface area contributed by atoms with Crippen LogP contribution in [0.25, 0.3) is 0 Å². The molecule has 1 fully saturated rings. The van der Waals surface area contributed by atoms with Crippen molar-refractivity contribution in [2.24, 2.45) is 0 Å². The Hall–Kier alpha value is -1.06. The van der Waals surface area contributed by atoms with Gasteiger partial charge < -0.3 is 15.3 Å². The average Bonchev–Trinajstić information content (AvgIpc) is 2.84. The molecule has 100 valence electrons. The van der Waals surface area contributed by atoms with Crippen LogP contribution in [0.2, 0.25) is 0 Å². The zero-order valence-electron chi connectivity index (χ0n) is 11.4. The Balaban J connectivity index is 1.81. The molecular weight excluding hydrogens is 224 g/mol. The van der Waals surface area contributed by atoms with Gasteiger partial charge in [0.2, 0.25) is 0 Å². The first-order chi connectivity index (χ1) is 8.66. The summed E-state index contributed by atoms with van der Waals surface area (Å²) in [6, 6.07) is 6.38.